The van der Waals surface area contributed by atoms with Gasteiger partial charge in [0.2, 0.25) is 0 Å². The highest BCUT2D eigenvalue weighted by Crippen LogP contribution is 2.28. The molecule has 3 heteroatoms. The second kappa shape index (κ2) is 3.48. The number of aromatic nitrogens is 1. The average Bonchev–Trinajstić information content (AvgIpc) is 2.06. The molecule has 2 nitrogen and oxygen atoms in total. The van der Waals surface area contributed by atoms with Gasteiger partial charge < -0.3 is 5.73 Å². The Hall–Kier alpha value is -0.860. The highest BCUT2D eigenvalue weighted by molar-refractivity contribution is 6.31. The number of nitrogens with zero attached hydrogens (tertiary/aromatic N) is 1. The topological polar surface area (TPSA) is 38.9 Å². The third-order valence-electron chi connectivity index (χ3n) is 2.21. The molecule has 1 aromatic heterocycles. The van der Waals surface area contributed by atoms with Gasteiger partial charge in [-0.3, -0.25) is 4.98 Å². The van der Waals surface area contributed by atoms with E-state index < -0.39 is 0 Å². The van der Waals surface area contributed by atoms with Gasteiger partial charge in [-0.15, -0.1) is 0 Å². The fourth-order valence-electron chi connectivity index (χ4n) is 1.45. The summed E-state index contributed by atoms with van der Waals surface area (Å²) in [7, 11) is 0. The van der Waals surface area contributed by atoms with E-state index in [1.807, 2.05) is 6.07 Å². The van der Waals surface area contributed by atoms with E-state index in [9.17, 15) is 0 Å². The maximum absolute atomic E-state index is 5.95. The molecule has 0 radical (unpaired) electrons. The lowest BCUT2D eigenvalue weighted by Crippen LogP contribution is -2.29. The van der Waals surface area contributed by atoms with E-state index >= 15 is 0 Å². The molecule has 0 unspecified atom stereocenters. The molecule has 0 atom stereocenters. The summed E-state index contributed by atoms with van der Waals surface area (Å²) < 4.78 is 0. The maximum Gasteiger partial charge on any atom is 0.0661 e. The highest BCUT2D eigenvalue weighted by Gasteiger charge is 2.18. The third-order valence-corrected chi connectivity index (χ3v) is 2.53. The van der Waals surface area contributed by atoms with Crippen LogP contribution in [-0.4, -0.2) is 11.0 Å². The van der Waals surface area contributed by atoms with Crippen LogP contribution in [0.1, 0.15) is 18.4 Å². The molecule has 0 amide bonds. The maximum atomic E-state index is 5.95. The van der Waals surface area contributed by atoms with E-state index in [2.05, 4.69) is 11.1 Å². The first kappa shape index (κ1) is 8.73. The van der Waals surface area contributed by atoms with Crippen molar-refractivity contribution in [3.8, 4) is 0 Å². The van der Waals surface area contributed by atoms with Crippen LogP contribution in [0, 0.1) is 0 Å². The number of hydrogen-bond donors (Lipinski definition) is 1. The molecule has 0 aromatic carbocycles. The lowest BCUT2D eigenvalue weighted by molar-refractivity contribution is 0.547. The SMILES string of the molecule is NC1CC(=Cc2ccncc2Cl)C1. The third kappa shape index (κ3) is 1.90. The summed E-state index contributed by atoms with van der Waals surface area (Å²) in [4.78, 5) is 3.93. The normalized spacial score (nSPS) is 21.1. The predicted octanol–water partition coefficient (Wildman–Crippen LogP) is 2.24. The molecule has 1 heterocycles. The molecule has 1 aliphatic carbocycles. The minimum Gasteiger partial charge on any atom is -0.327 e. The molecule has 68 valence electrons. The van der Waals surface area contributed by atoms with Crippen molar-refractivity contribution < 1.29 is 0 Å². The summed E-state index contributed by atoms with van der Waals surface area (Å²) in [6.45, 7) is 0. The average molecular weight is 195 g/mol. The van der Waals surface area contributed by atoms with Gasteiger partial charge in [-0.2, -0.15) is 0 Å². The van der Waals surface area contributed by atoms with Gasteiger partial charge in [0.1, 0.15) is 0 Å². The molecule has 1 aliphatic rings. The van der Waals surface area contributed by atoms with Gasteiger partial charge in [-0.1, -0.05) is 23.3 Å². The minimum atomic E-state index is 0.354. The molecule has 0 bridgehead atoms. The van der Waals surface area contributed by atoms with Crippen LogP contribution < -0.4 is 5.73 Å². The van der Waals surface area contributed by atoms with Gasteiger partial charge in [0.05, 0.1) is 5.02 Å². The minimum absolute atomic E-state index is 0.354. The molecule has 1 aromatic rings. The number of nitrogens with two attached hydrogens (primary N) is 1. The quantitative estimate of drug-likeness (QED) is 0.745. The fraction of sp³-hybridized carbons (Fsp3) is 0.300. The summed E-state index contributed by atoms with van der Waals surface area (Å²) in [6, 6.07) is 2.27. The van der Waals surface area contributed by atoms with Gasteiger partial charge >= 0.3 is 0 Å². The second-order valence-corrected chi connectivity index (χ2v) is 3.78. The van der Waals surface area contributed by atoms with E-state index in [4.69, 9.17) is 17.3 Å². The van der Waals surface area contributed by atoms with Gasteiger partial charge in [0.15, 0.2) is 0 Å². The zero-order valence-electron chi connectivity index (χ0n) is 7.20. The second-order valence-electron chi connectivity index (χ2n) is 3.37. The fourth-order valence-corrected chi connectivity index (χ4v) is 1.63. The number of hydrogen-bond acceptors (Lipinski definition) is 2. The zero-order chi connectivity index (χ0) is 9.26. The molecule has 2 rings (SSSR count). The van der Waals surface area contributed by atoms with Gasteiger partial charge in [0.25, 0.3) is 0 Å². The molecule has 2 N–H and O–H groups in total. The van der Waals surface area contributed by atoms with E-state index in [1.165, 1.54) is 5.57 Å². The van der Waals surface area contributed by atoms with E-state index in [1.54, 1.807) is 12.4 Å². The van der Waals surface area contributed by atoms with Crippen molar-refractivity contribution in [1.29, 1.82) is 0 Å². The highest BCUT2D eigenvalue weighted by atomic mass is 35.5. The Balaban J connectivity index is 2.18. The summed E-state index contributed by atoms with van der Waals surface area (Å²) in [5, 5.41) is 0.704. The van der Waals surface area contributed by atoms with Gasteiger partial charge in [-0.05, 0) is 24.5 Å². The molecule has 0 saturated heterocycles. The van der Waals surface area contributed by atoms with Crippen LogP contribution in [0.2, 0.25) is 5.02 Å². The van der Waals surface area contributed by atoms with Gasteiger partial charge in [-0.25, -0.2) is 0 Å². The summed E-state index contributed by atoms with van der Waals surface area (Å²) in [6.07, 6.45) is 7.51. The first-order valence-corrected chi connectivity index (χ1v) is 4.68. The summed E-state index contributed by atoms with van der Waals surface area (Å²) >= 11 is 5.95. The van der Waals surface area contributed by atoms with Crippen LogP contribution in [0.5, 0.6) is 0 Å². The standard InChI is InChI=1S/C10H11ClN2/c11-10-6-13-2-1-8(10)3-7-4-9(12)5-7/h1-3,6,9H,4-5,12H2. The first-order valence-electron chi connectivity index (χ1n) is 4.30. The molecule has 0 aliphatic heterocycles. The number of halogens is 1. The van der Waals surface area contributed by atoms with Gasteiger partial charge in [0, 0.05) is 18.4 Å². The number of pyridine rings is 1. The Labute approximate surface area is 82.4 Å². The Morgan fingerprint density at radius 2 is 2.31 bits per heavy atom. The lowest BCUT2D eigenvalue weighted by Gasteiger charge is -2.25. The van der Waals surface area contributed by atoms with Crippen LogP contribution in [0.25, 0.3) is 6.08 Å². The van der Waals surface area contributed by atoms with E-state index in [0.717, 1.165) is 18.4 Å². The van der Waals surface area contributed by atoms with Crippen molar-refractivity contribution in [2.24, 2.45) is 5.73 Å². The molecular formula is C10H11ClN2. The van der Waals surface area contributed by atoms with Crippen molar-refractivity contribution in [3.63, 3.8) is 0 Å². The van der Waals surface area contributed by atoms with Crippen molar-refractivity contribution in [3.05, 3.63) is 34.6 Å². The Kier molecular flexibility index (Phi) is 2.34. The zero-order valence-corrected chi connectivity index (χ0v) is 7.96. The molecular weight excluding hydrogens is 184 g/mol. The lowest BCUT2D eigenvalue weighted by atomic mass is 9.86. The molecule has 1 fully saturated rings. The van der Waals surface area contributed by atoms with Crippen LogP contribution in [0.15, 0.2) is 24.0 Å². The van der Waals surface area contributed by atoms with Crippen molar-refractivity contribution in [2.45, 2.75) is 18.9 Å². The van der Waals surface area contributed by atoms with Crippen molar-refractivity contribution in [2.75, 3.05) is 0 Å². The summed E-state index contributed by atoms with van der Waals surface area (Å²) in [5.74, 6) is 0. The Morgan fingerprint density at radius 1 is 1.54 bits per heavy atom. The number of rotatable bonds is 1. The molecule has 13 heavy (non-hydrogen) atoms. The van der Waals surface area contributed by atoms with E-state index in [-0.39, 0.29) is 0 Å². The Morgan fingerprint density at radius 3 is 2.92 bits per heavy atom. The molecule has 0 spiro atoms. The van der Waals surface area contributed by atoms with Crippen LogP contribution >= 0.6 is 11.6 Å². The van der Waals surface area contributed by atoms with Crippen LogP contribution in [0.3, 0.4) is 0 Å². The first-order chi connectivity index (χ1) is 6.25. The van der Waals surface area contributed by atoms with Crippen LogP contribution in [-0.2, 0) is 0 Å². The predicted molar refractivity (Wildman–Crippen MR) is 54.4 cm³/mol. The smallest absolute Gasteiger partial charge is 0.0661 e. The molecule has 1 saturated carbocycles. The largest absolute Gasteiger partial charge is 0.327 e. The van der Waals surface area contributed by atoms with Crippen molar-refractivity contribution in [1.82, 2.24) is 4.98 Å². The summed E-state index contributed by atoms with van der Waals surface area (Å²) in [5.41, 5.74) is 8.09. The van der Waals surface area contributed by atoms with E-state index in [0.29, 0.717) is 11.1 Å². The van der Waals surface area contributed by atoms with Crippen molar-refractivity contribution >= 4 is 17.7 Å². The monoisotopic (exact) mass is 194 g/mol. The van der Waals surface area contributed by atoms with Crippen LogP contribution in [0.4, 0.5) is 0 Å². The Bertz CT molecular complexity index is 339.